The summed E-state index contributed by atoms with van der Waals surface area (Å²) >= 11 is 0. The maximum Gasteiger partial charge on any atom is 0.240 e. The number of hydrogen-bond donors (Lipinski definition) is 3. The van der Waals surface area contributed by atoms with Crippen molar-refractivity contribution in [2.45, 2.75) is 82.3 Å². The van der Waals surface area contributed by atoms with Crippen molar-refractivity contribution in [2.75, 3.05) is 0 Å². The highest BCUT2D eigenvalue weighted by Gasteiger charge is 2.39. The molecule has 0 bridgehead atoms. The maximum absolute atomic E-state index is 13.2. The van der Waals surface area contributed by atoms with Crippen LogP contribution in [0, 0.1) is 0 Å². The van der Waals surface area contributed by atoms with Gasteiger partial charge in [0.05, 0.1) is 5.54 Å². The lowest BCUT2D eigenvalue weighted by Gasteiger charge is -2.38. The van der Waals surface area contributed by atoms with E-state index in [2.05, 4.69) is 46.1 Å². The van der Waals surface area contributed by atoms with E-state index in [1.807, 2.05) is 0 Å². The molecule has 1 heterocycles. The number of hydrogen-bond acceptors (Lipinski definition) is 2. The molecule has 3 N–H and O–H groups in total. The van der Waals surface area contributed by atoms with E-state index in [0.717, 1.165) is 50.6 Å². The molecular weight excluding hydrogens is 322 g/mol. The van der Waals surface area contributed by atoms with E-state index in [4.69, 9.17) is 0 Å². The van der Waals surface area contributed by atoms with Gasteiger partial charge in [0.2, 0.25) is 5.91 Å². The lowest BCUT2D eigenvalue weighted by atomic mass is 9.80. The lowest BCUT2D eigenvalue weighted by Crippen LogP contribution is -2.59. The standard InChI is InChI=1S/C22H31N3O/c26-21(25-18-9-3-1-4-10-18)22(13-7-2-8-14-22)24-16-17-15-23-20-12-6-5-11-19(17)20/h5-6,11-12,15,18,23-24H,1-4,7-10,13-14,16H2,(H,25,26). The van der Waals surface area contributed by atoms with Crippen LogP contribution in [0.25, 0.3) is 10.9 Å². The third kappa shape index (κ3) is 3.66. The summed E-state index contributed by atoms with van der Waals surface area (Å²) in [5, 5.41) is 8.32. The monoisotopic (exact) mass is 353 g/mol. The third-order valence-corrected chi connectivity index (χ3v) is 6.37. The number of rotatable bonds is 5. The summed E-state index contributed by atoms with van der Waals surface area (Å²) in [6.45, 7) is 0.738. The first-order valence-electron chi connectivity index (χ1n) is 10.4. The van der Waals surface area contributed by atoms with Crippen molar-refractivity contribution >= 4 is 16.8 Å². The van der Waals surface area contributed by atoms with Crippen molar-refractivity contribution < 1.29 is 4.79 Å². The predicted octanol–water partition coefficient (Wildman–Crippen LogP) is 4.41. The van der Waals surface area contributed by atoms with Crippen molar-refractivity contribution in [1.82, 2.24) is 15.6 Å². The zero-order valence-electron chi connectivity index (χ0n) is 15.7. The molecule has 4 heteroatoms. The Morgan fingerprint density at radius 2 is 1.77 bits per heavy atom. The SMILES string of the molecule is O=C(NC1CCCCC1)C1(NCc2c[nH]c3ccccc23)CCCCC1. The van der Waals surface area contributed by atoms with Gasteiger partial charge in [0, 0.05) is 29.7 Å². The van der Waals surface area contributed by atoms with Crippen LogP contribution >= 0.6 is 0 Å². The van der Waals surface area contributed by atoms with Gasteiger partial charge in [-0.2, -0.15) is 0 Å². The zero-order chi connectivity index (χ0) is 17.8. The van der Waals surface area contributed by atoms with Gasteiger partial charge >= 0.3 is 0 Å². The van der Waals surface area contributed by atoms with Gasteiger partial charge in [0.15, 0.2) is 0 Å². The van der Waals surface area contributed by atoms with Gasteiger partial charge in [-0.25, -0.2) is 0 Å². The first kappa shape index (κ1) is 17.6. The maximum atomic E-state index is 13.2. The van der Waals surface area contributed by atoms with E-state index in [-0.39, 0.29) is 5.91 Å². The minimum Gasteiger partial charge on any atom is -0.361 e. The Morgan fingerprint density at radius 3 is 2.58 bits per heavy atom. The first-order chi connectivity index (χ1) is 12.8. The van der Waals surface area contributed by atoms with Crippen LogP contribution in [-0.2, 0) is 11.3 Å². The molecule has 2 aromatic rings. The van der Waals surface area contributed by atoms with Crippen molar-refractivity contribution in [2.24, 2.45) is 0 Å². The molecule has 1 aromatic heterocycles. The van der Waals surface area contributed by atoms with E-state index in [1.54, 1.807) is 0 Å². The molecule has 0 spiro atoms. The predicted molar refractivity (Wildman–Crippen MR) is 106 cm³/mol. The largest absolute Gasteiger partial charge is 0.361 e. The number of para-hydroxylation sites is 1. The second-order valence-corrected chi connectivity index (χ2v) is 8.16. The fourth-order valence-corrected chi connectivity index (χ4v) is 4.75. The normalized spacial score (nSPS) is 20.9. The highest BCUT2D eigenvalue weighted by molar-refractivity contribution is 5.87. The van der Waals surface area contributed by atoms with Gasteiger partial charge in [-0.05, 0) is 37.3 Å². The van der Waals surface area contributed by atoms with E-state index in [1.165, 1.54) is 36.6 Å². The van der Waals surface area contributed by atoms with Gasteiger partial charge < -0.3 is 10.3 Å². The number of aromatic amines is 1. The average molecular weight is 354 g/mol. The van der Waals surface area contributed by atoms with Crippen LogP contribution in [0.15, 0.2) is 30.5 Å². The molecule has 0 atom stereocenters. The molecule has 2 aliphatic carbocycles. The molecule has 0 aliphatic heterocycles. The average Bonchev–Trinajstić information content (AvgIpc) is 3.11. The molecule has 140 valence electrons. The Morgan fingerprint density at radius 1 is 1.04 bits per heavy atom. The number of carbonyl (C=O) groups is 1. The molecule has 2 fully saturated rings. The molecule has 2 saturated carbocycles. The fourth-order valence-electron chi connectivity index (χ4n) is 4.75. The smallest absolute Gasteiger partial charge is 0.240 e. The molecule has 2 aliphatic rings. The van der Waals surface area contributed by atoms with Gasteiger partial charge in [-0.1, -0.05) is 56.7 Å². The Hall–Kier alpha value is -1.81. The van der Waals surface area contributed by atoms with Crippen LogP contribution < -0.4 is 10.6 Å². The highest BCUT2D eigenvalue weighted by atomic mass is 16.2. The van der Waals surface area contributed by atoms with Crippen LogP contribution in [0.3, 0.4) is 0 Å². The fraction of sp³-hybridized carbons (Fsp3) is 0.591. The molecular formula is C22H31N3O. The number of H-pyrrole nitrogens is 1. The Kier molecular flexibility index (Phi) is 5.30. The third-order valence-electron chi connectivity index (χ3n) is 6.37. The molecule has 0 radical (unpaired) electrons. The number of aromatic nitrogens is 1. The lowest BCUT2D eigenvalue weighted by molar-refractivity contribution is -0.130. The van der Waals surface area contributed by atoms with E-state index < -0.39 is 5.54 Å². The van der Waals surface area contributed by atoms with Crippen LogP contribution in [0.1, 0.15) is 69.8 Å². The second-order valence-electron chi connectivity index (χ2n) is 8.16. The number of nitrogens with one attached hydrogen (secondary N) is 3. The zero-order valence-corrected chi connectivity index (χ0v) is 15.7. The number of fused-ring (bicyclic) bond motifs is 1. The summed E-state index contributed by atoms with van der Waals surface area (Å²) < 4.78 is 0. The van der Waals surface area contributed by atoms with Gasteiger partial charge in [0.1, 0.15) is 0 Å². The number of carbonyl (C=O) groups excluding carboxylic acids is 1. The molecule has 4 rings (SSSR count). The topological polar surface area (TPSA) is 56.9 Å². The van der Waals surface area contributed by atoms with Crippen molar-refractivity contribution in [3.63, 3.8) is 0 Å². The van der Waals surface area contributed by atoms with Crippen LogP contribution in [0.5, 0.6) is 0 Å². The molecule has 4 nitrogen and oxygen atoms in total. The quantitative estimate of drug-likeness (QED) is 0.746. The summed E-state index contributed by atoms with van der Waals surface area (Å²) in [4.78, 5) is 16.6. The summed E-state index contributed by atoms with van der Waals surface area (Å²) in [6.07, 6.45) is 13.6. The van der Waals surface area contributed by atoms with Crippen molar-refractivity contribution in [3.05, 3.63) is 36.0 Å². The number of benzene rings is 1. The van der Waals surface area contributed by atoms with Crippen molar-refractivity contribution in [1.29, 1.82) is 0 Å². The minimum absolute atomic E-state index is 0.240. The van der Waals surface area contributed by atoms with Crippen LogP contribution in [0.2, 0.25) is 0 Å². The van der Waals surface area contributed by atoms with Gasteiger partial charge in [0.25, 0.3) is 0 Å². The minimum atomic E-state index is -0.395. The molecule has 1 amide bonds. The van der Waals surface area contributed by atoms with Crippen molar-refractivity contribution in [3.8, 4) is 0 Å². The summed E-state index contributed by atoms with van der Waals surface area (Å²) in [6, 6.07) is 8.76. The summed E-state index contributed by atoms with van der Waals surface area (Å²) in [5.74, 6) is 0.240. The molecule has 0 unspecified atom stereocenters. The Bertz CT molecular complexity index is 739. The summed E-state index contributed by atoms with van der Waals surface area (Å²) in [7, 11) is 0. The summed E-state index contributed by atoms with van der Waals surface area (Å²) in [5.41, 5.74) is 2.01. The molecule has 26 heavy (non-hydrogen) atoms. The van der Waals surface area contributed by atoms with E-state index >= 15 is 0 Å². The Labute approximate surface area is 156 Å². The van der Waals surface area contributed by atoms with E-state index in [0.29, 0.717) is 6.04 Å². The molecule has 1 aromatic carbocycles. The molecule has 0 saturated heterocycles. The first-order valence-corrected chi connectivity index (χ1v) is 10.4. The highest BCUT2D eigenvalue weighted by Crippen LogP contribution is 2.30. The Balaban J connectivity index is 1.47. The van der Waals surface area contributed by atoms with Gasteiger partial charge in [-0.15, -0.1) is 0 Å². The van der Waals surface area contributed by atoms with Crippen LogP contribution in [-0.4, -0.2) is 22.5 Å². The van der Waals surface area contributed by atoms with E-state index in [9.17, 15) is 4.79 Å². The van der Waals surface area contributed by atoms with Crippen LogP contribution in [0.4, 0.5) is 0 Å². The number of amides is 1. The second kappa shape index (κ2) is 7.83. The van der Waals surface area contributed by atoms with Gasteiger partial charge in [-0.3, -0.25) is 10.1 Å².